The number of aliphatic hydroxyl groups is 1. The molecule has 1 heterocycles. The summed E-state index contributed by atoms with van der Waals surface area (Å²) in [7, 11) is 0. The van der Waals surface area contributed by atoms with Crippen LogP contribution in [0.4, 0.5) is 4.79 Å². The van der Waals surface area contributed by atoms with Gasteiger partial charge in [-0.2, -0.15) is 0 Å². The summed E-state index contributed by atoms with van der Waals surface area (Å²) >= 11 is 0. The Kier molecular flexibility index (Phi) is 3.85. The molecule has 0 aromatic heterocycles. The molecule has 0 aromatic rings. The lowest BCUT2D eigenvalue weighted by Gasteiger charge is -2.46. The number of hydrogen-bond acceptors (Lipinski definition) is 3. The number of carbonyl (C=O) groups is 1. The first-order valence-corrected chi connectivity index (χ1v) is 7.06. The fraction of sp³-hybridized carbons (Fsp3) is 0.929. The SMILES string of the molecule is CC(C)(C)OC(=O)N1CCC[C@@H]2[C@H](O)CCC[C@@H]21. The normalized spacial score (nSPS) is 32.9. The molecule has 1 aliphatic heterocycles. The number of aliphatic hydroxyl groups excluding tert-OH is 1. The number of nitrogens with zero attached hydrogens (tertiary/aromatic N) is 1. The van der Waals surface area contributed by atoms with E-state index < -0.39 is 5.60 Å². The predicted molar refractivity (Wildman–Crippen MR) is 69.3 cm³/mol. The smallest absolute Gasteiger partial charge is 0.410 e. The zero-order chi connectivity index (χ0) is 13.3. The lowest BCUT2D eigenvalue weighted by atomic mass is 9.76. The van der Waals surface area contributed by atoms with E-state index in [1.165, 1.54) is 0 Å². The number of ether oxygens (including phenoxy) is 1. The summed E-state index contributed by atoms with van der Waals surface area (Å²) in [5, 5.41) is 10.1. The fourth-order valence-corrected chi connectivity index (χ4v) is 3.20. The second kappa shape index (κ2) is 5.08. The number of piperidine rings is 1. The summed E-state index contributed by atoms with van der Waals surface area (Å²) in [4.78, 5) is 14.0. The zero-order valence-electron chi connectivity index (χ0n) is 11.7. The molecule has 1 saturated heterocycles. The second-order valence-corrected chi connectivity index (χ2v) is 6.55. The second-order valence-electron chi connectivity index (χ2n) is 6.55. The maximum atomic E-state index is 12.2. The van der Waals surface area contributed by atoms with Crippen LogP contribution in [0.2, 0.25) is 0 Å². The highest BCUT2D eigenvalue weighted by Gasteiger charge is 2.41. The Bertz CT molecular complexity index is 311. The van der Waals surface area contributed by atoms with Crippen LogP contribution in [0.3, 0.4) is 0 Å². The van der Waals surface area contributed by atoms with Gasteiger partial charge in [-0.15, -0.1) is 0 Å². The molecular formula is C14H25NO3. The summed E-state index contributed by atoms with van der Waals surface area (Å²) < 4.78 is 5.47. The van der Waals surface area contributed by atoms with E-state index in [2.05, 4.69) is 0 Å². The van der Waals surface area contributed by atoms with Gasteiger partial charge in [-0.25, -0.2) is 4.79 Å². The maximum Gasteiger partial charge on any atom is 0.410 e. The van der Waals surface area contributed by atoms with Gasteiger partial charge in [0.15, 0.2) is 0 Å². The highest BCUT2D eigenvalue weighted by molar-refractivity contribution is 5.68. The Labute approximate surface area is 109 Å². The van der Waals surface area contributed by atoms with E-state index in [4.69, 9.17) is 4.74 Å². The third kappa shape index (κ3) is 2.97. The van der Waals surface area contributed by atoms with Gasteiger partial charge in [0.1, 0.15) is 5.60 Å². The maximum absolute atomic E-state index is 12.2. The van der Waals surface area contributed by atoms with Crippen molar-refractivity contribution in [3.05, 3.63) is 0 Å². The van der Waals surface area contributed by atoms with Gasteiger partial charge in [0.2, 0.25) is 0 Å². The highest BCUT2D eigenvalue weighted by atomic mass is 16.6. The van der Waals surface area contributed by atoms with Gasteiger partial charge >= 0.3 is 6.09 Å². The monoisotopic (exact) mass is 255 g/mol. The molecule has 3 atom stereocenters. The molecule has 0 bridgehead atoms. The van der Waals surface area contributed by atoms with Gasteiger partial charge in [-0.05, 0) is 52.9 Å². The largest absolute Gasteiger partial charge is 0.444 e. The summed E-state index contributed by atoms with van der Waals surface area (Å²) in [6.07, 6.45) is 4.43. The van der Waals surface area contributed by atoms with Crippen molar-refractivity contribution < 1.29 is 14.6 Å². The Morgan fingerprint density at radius 2 is 1.94 bits per heavy atom. The van der Waals surface area contributed by atoms with Crippen LogP contribution in [0.1, 0.15) is 52.9 Å². The lowest BCUT2D eigenvalue weighted by molar-refractivity contribution is -0.0415. The van der Waals surface area contributed by atoms with Crippen molar-refractivity contribution in [2.24, 2.45) is 5.92 Å². The molecule has 2 aliphatic rings. The molecule has 2 rings (SSSR count). The molecule has 1 N–H and O–H groups in total. The van der Waals surface area contributed by atoms with Crippen LogP contribution in [0.15, 0.2) is 0 Å². The van der Waals surface area contributed by atoms with E-state index in [1.54, 1.807) is 0 Å². The van der Waals surface area contributed by atoms with Crippen LogP contribution in [0.5, 0.6) is 0 Å². The van der Waals surface area contributed by atoms with Crippen molar-refractivity contribution >= 4 is 6.09 Å². The third-order valence-electron chi connectivity index (χ3n) is 3.95. The van der Waals surface area contributed by atoms with Crippen molar-refractivity contribution in [1.29, 1.82) is 0 Å². The average molecular weight is 255 g/mol. The molecule has 1 amide bonds. The van der Waals surface area contributed by atoms with Crippen LogP contribution in [-0.4, -0.2) is 40.4 Å². The third-order valence-corrected chi connectivity index (χ3v) is 3.95. The van der Waals surface area contributed by atoms with Gasteiger partial charge < -0.3 is 14.7 Å². The molecule has 0 radical (unpaired) electrons. The molecule has 4 heteroatoms. The van der Waals surface area contributed by atoms with Gasteiger partial charge in [0, 0.05) is 18.5 Å². The van der Waals surface area contributed by atoms with E-state index in [-0.39, 0.29) is 24.2 Å². The van der Waals surface area contributed by atoms with Gasteiger partial charge in [0.25, 0.3) is 0 Å². The van der Waals surface area contributed by atoms with E-state index in [9.17, 15) is 9.90 Å². The van der Waals surface area contributed by atoms with Crippen LogP contribution < -0.4 is 0 Å². The number of rotatable bonds is 0. The Hall–Kier alpha value is -0.770. The van der Waals surface area contributed by atoms with E-state index in [1.807, 2.05) is 25.7 Å². The topological polar surface area (TPSA) is 49.8 Å². The van der Waals surface area contributed by atoms with Gasteiger partial charge in [-0.1, -0.05) is 0 Å². The number of hydrogen-bond donors (Lipinski definition) is 1. The minimum Gasteiger partial charge on any atom is -0.444 e. The molecule has 18 heavy (non-hydrogen) atoms. The van der Waals surface area contributed by atoms with E-state index >= 15 is 0 Å². The predicted octanol–water partition coefficient (Wildman–Crippen LogP) is 2.55. The number of carbonyl (C=O) groups excluding carboxylic acids is 1. The Morgan fingerprint density at radius 3 is 2.61 bits per heavy atom. The van der Waals surface area contributed by atoms with Gasteiger partial charge in [0.05, 0.1) is 6.10 Å². The minimum absolute atomic E-state index is 0.178. The molecule has 0 aromatic carbocycles. The molecule has 0 unspecified atom stereocenters. The molecular weight excluding hydrogens is 230 g/mol. The number of amides is 1. The number of likely N-dealkylation sites (tertiary alicyclic amines) is 1. The quantitative estimate of drug-likeness (QED) is 0.723. The lowest BCUT2D eigenvalue weighted by Crippen LogP contribution is -2.54. The zero-order valence-corrected chi connectivity index (χ0v) is 11.7. The highest BCUT2D eigenvalue weighted by Crippen LogP contribution is 2.36. The summed E-state index contributed by atoms with van der Waals surface area (Å²) in [6.45, 7) is 6.44. The van der Waals surface area contributed by atoms with Crippen LogP contribution >= 0.6 is 0 Å². The van der Waals surface area contributed by atoms with Crippen molar-refractivity contribution in [3.63, 3.8) is 0 Å². The molecule has 2 fully saturated rings. The molecule has 0 spiro atoms. The van der Waals surface area contributed by atoms with Crippen LogP contribution in [0.25, 0.3) is 0 Å². The molecule has 1 aliphatic carbocycles. The van der Waals surface area contributed by atoms with E-state index in [0.29, 0.717) is 0 Å². The first kappa shape index (κ1) is 13.7. The van der Waals surface area contributed by atoms with Crippen molar-refractivity contribution in [3.8, 4) is 0 Å². The van der Waals surface area contributed by atoms with Crippen molar-refractivity contribution in [2.45, 2.75) is 70.6 Å². The van der Waals surface area contributed by atoms with Crippen molar-refractivity contribution in [2.75, 3.05) is 6.54 Å². The Balaban J connectivity index is 2.05. The Morgan fingerprint density at radius 1 is 1.22 bits per heavy atom. The van der Waals surface area contributed by atoms with Crippen LogP contribution in [-0.2, 0) is 4.74 Å². The fourth-order valence-electron chi connectivity index (χ4n) is 3.20. The first-order valence-electron chi connectivity index (χ1n) is 7.06. The van der Waals surface area contributed by atoms with E-state index in [0.717, 1.165) is 38.6 Å². The van der Waals surface area contributed by atoms with Gasteiger partial charge in [-0.3, -0.25) is 0 Å². The summed E-state index contributed by atoms with van der Waals surface area (Å²) in [6, 6.07) is 0.178. The molecule has 4 nitrogen and oxygen atoms in total. The molecule has 104 valence electrons. The first-order chi connectivity index (χ1) is 8.38. The number of fused-ring (bicyclic) bond motifs is 1. The van der Waals surface area contributed by atoms with Crippen molar-refractivity contribution in [1.82, 2.24) is 4.90 Å². The van der Waals surface area contributed by atoms with Crippen LogP contribution in [0, 0.1) is 5.92 Å². The standard InChI is InChI=1S/C14H25NO3/c1-14(2,3)18-13(17)15-9-5-6-10-11(15)7-4-8-12(10)16/h10-12,16H,4-9H2,1-3H3/t10-,11-,12+/m0/s1. The minimum atomic E-state index is -0.447. The average Bonchev–Trinajstić information content (AvgIpc) is 2.26. The summed E-state index contributed by atoms with van der Waals surface area (Å²) in [5.74, 6) is 0.250. The summed E-state index contributed by atoms with van der Waals surface area (Å²) in [5.41, 5.74) is -0.447. The molecule has 1 saturated carbocycles.